The van der Waals surface area contributed by atoms with E-state index in [0.717, 1.165) is 25.9 Å². The number of nitrogens with two attached hydrogens (primary N) is 1. The first-order valence-electron chi connectivity index (χ1n) is 5.76. The highest BCUT2D eigenvalue weighted by molar-refractivity contribution is 5.76. The van der Waals surface area contributed by atoms with Crippen LogP contribution in [-0.2, 0) is 4.79 Å². The molecule has 1 unspecified atom stereocenters. The highest BCUT2D eigenvalue weighted by Gasteiger charge is 2.22. The van der Waals surface area contributed by atoms with Crippen LogP contribution < -0.4 is 5.73 Å². The number of aliphatic hydroxyl groups excluding tert-OH is 1. The first-order valence-corrected chi connectivity index (χ1v) is 5.76. The summed E-state index contributed by atoms with van der Waals surface area (Å²) in [5, 5.41) is 8.98. The number of hydrogen-bond donors (Lipinski definition) is 2. The van der Waals surface area contributed by atoms with Gasteiger partial charge in [-0.15, -0.1) is 0 Å². The van der Waals surface area contributed by atoms with Crippen LogP contribution in [0.1, 0.15) is 26.2 Å². The van der Waals surface area contributed by atoms with Gasteiger partial charge in [0.25, 0.3) is 0 Å². The molecule has 0 radical (unpaired) electrons. The highest BCUT2D eigenvalue weighted by atomic mass is 16.3. The van der Waals surface area contributed by atoms with Gasteiger partial charge in [0.2, 0.25) is 5.91 Å². The molecule has 0 aromatic carbocycles. The van der Waals surface area contributed by atoms with Gasteiger partial charge in [0.05, 0.1) is 0 Å². The maximum atomic E-state index is 11.8. The summed E-state index contributed by atoms with van der Waals surface area (Å²) in [5.74, 6) is 0.874. The molecule has 15 heavy (non-hydrogen) atoms. The van der Waals surface area contributed by atoms with Gasteiger partial charge >= 0.3 is 0 Å². The van der Waals surface area contributed by atoms with Crippen molar-refractivity contribution >= 4 is 5.91 Å². The van der Waals surface area contributed by atoms with Gasteiger partial charge in [0.1, 0.15) is 0 Å². The fourth-order valence-electron chi connectivity index (χ4n) is 1.88. The number of aliphatic hydroxyl groups is 1. The number of carbonyl (C=O) groups excluding carboxylic acids is 1. The molecular formula is C11H22N2O2. The highest BCUT2D eigenvalue weighted by Crippen LogP contribution is 2.17. The van der Waals surface area contributed by atoms with Crippen LogP contribution in [0.25, 0.3) is 0 Å². The second-order valence-corrected chi connectivity index (χ2v) is 4.55. The molecule has 1 rings (SSSR count). The van der Waals surface area contributed by atoms with E-state index in [1.54, 1.807) is 0 Å². The Morgan fingerprint density at radius 1 is 1.53 bits per heavy atom. The molecule has 0 bridgehead atoms. The van der Waals surface area contributed by atoms with Crippen LogP contribution in [0.15, 0.2) is 0 Å². The van der Waals surface area contributed by atoms with Crippen molar-refractivity contribution in [1.82, 2.24) is 4.90 Å². The second kappa shape index (κ2) is 6.08. The average Bonchev–Trinajstić information content (AvgIpc) is 2.29. The van der Waals surface area contributed by atoms with Crippen LogP contribution in [0.3, 0.4) is 0 Å². The number of hydrogen-bond acceptors (Lipinski definition) is 3. The molecule has 1 amide bonds. The first-order chi connectivity index (χ1) is 7.17. The van der Waals surface area contributed by atoms with Gasteiger partial charge in [-0.2, -0.15) is 0 Å². The summed E-state index contributed by atoms with van der Waals surface area (Å²) < 4.78 is 0. The van der Waals surface area contributed by atoms with E-state index in [2.05, 4.69) is 0 Å². The summed E-state index contributed by atoms with van der Waals surface area (Å²) in [6, 6.07) is 0. The lowest BCUT2D eigenvalue weighted by molar-refractivity contribution is -0.133. The van der Waals surface area contributed by atoms with Crippen molar-refractivity contribution in [1.29, 1.82) is 0 Å². The van der Waals surface area contributed by atoms with Gasteiger partial charge in [-0.25, -0.2) is 0 Å². The molecule has 1 heterocycles. The Balaban J connectivity index is 2.30. The Kier molecular flexibility index (Phi) is 5.05. The van der Waals surface area contributed by atoms with Gasteiger partial charge in [-0.3, -0.25) is 4.79 Å². The predicted octanol–water partition coefficient (Wildman–Crippen LogP) is 0.202. The van der Waals surface area contributed by atoms with Crippen molar-refractivity contribution < 1.29 is 9.90 Å². The summed E-state index contributed by atoms with van der Waals surface area (Å²) in [6.45, 7) is 4.40. The standard InChI is InChI=1S/C11H22N2O2/c1-9(7-12)6-11(15)13-4-2-10(8-14)3-5-13/h9-10,14H,2-8,12H2,1H3. The van der Waals surface area contributed by atoms with Crippen LogP contribution in [-0.4, -0.2) is 42.2 Å². The van der Waals surface area contributed by atoms with E-state index in [9.17, 15) is 4.79 Å². The third-order valence-electron chi connectivity index (χ3n) is 3.15. The minimum absolute atomic E-state index is 0.212. The number of amides is 1. The quantitative estimate of drug-likeness (QED) is 0.702. The molecular weight excluding hydrogens is 192 g/mol. The van der Waals surface area contributed by atoms with E-state index in [1.165, 1.54) is 0 Å². The Labute approximate surface area is 91.4 Å². The molecule has 0 aliphatic carbocycles. The minimum atomic E-state index is 0.212. The van der Waals surface area contributed by atoms with E-state index < -0.39 is 0 Å². The maximum Gasteiger partial charge on any atom is 0.222 e. The Morgan fingerprint density at radius 2 is 2.13 bits per heavy atom. The lowest BCUT2D eigenvalue weighted by Crippen LogP contribution is -2.40. The fourth-order valence-corrected chi connectivity index (χ4v) is 1.88. The monoisotopic (exact) mass is 214 g/mol. The molecule has 0 aromatic rings. The van der Waals surface area contributed by atoms with E-state index in [-0.39, 0.29) is 18.4 Å². The lowest BCUT2D eigenvalue weighted by Gasteiger charge is -2.31. The van der Waals surface area contributed by atoms with Crippen LogP contribution in [0.5, 0.6) is 0 Å². The number of carbonyl (C=O) groups is 1. The summed E-state index contributed by atoms with van der Waals surface area (Å²) in [6.07, 6.45) is 2.42. The van der Waals surface area contributed by atoms with E-state index in [1.807, 2.05) is 11.8 Å². The van der Waals surface area contributed by atoms with Gasteiger partial charge in [0, 0.05) is 26.1 Å². The first kappa shape index (κ1) is 12.5. The Hall–Kier alpha value is -0.610. The fraction of sp³-hybridized carbons (Fsp3) is 0.909. The van der Waals surface area contributed by atoms with Crippen molar-refractivity contribution in [3.8, 4) is 0 Å². The molecule has 0 saturated carbocycles. The van der Waals surface area contributed by atoms with Crippen molar-refractivity contribution in [2.24, 2.45) is 17.6 Å². The molecule has 4 heteroatoms. The summed E-state index contributed by atoms with van der Waals surface area (Å²) >= 11 is 0. The molecule has 88 valence electrons. The van der Waals surface area contributed by atoms with E-state index >= 15 is 0 Å². The summed E-state index contributed by atoms with van der Waals surface area (Å²) in [4.78, 5) is 13.7. The topological polar surface area (TPSA) is 66.6 Å². The van der Waals surface area contributed by atoms with Crippen molar-refractivity contribution in [3.05, 3.63) is 0 Å². The average molecular weight is 214 g/mol. The smallest absolute Gasteiger partial charge is 0.222 e. The molecule has 1 fully saturated rings. The van der Waals surface area contributed by atoms with Crippen LogP contribution in [0.4, 0.5) is 0 Å². The third-order valence-corrected chi connectivity index (χ3v) is 3.15. The van der Waals surface area contributed by atoms with Gasteiger partial charge in [-0.05, 0) is 31.2 Å². The Bertz CT molecular complexity index is 201. The normalized spacial score (nSPS) is 20.3. The van der Waals surface area contributed by atoms with E-state index in [0.29, 0.717) is 18.9 Å². The molecule has 1 saturated heterocycles. The van der Waals surface area contributed by atoms with Crippen LogP contribution in [0, 0.1) is 11.8 Å². The molecule has 3 N–H and O–H groups in total. The molecule has 4 nitrogen and oxygen atoms in total. The zero-order chi connectivity index (χ0) is 11.3. The third kappa shape index (κ3) is 3.80. The van der Waals surface area contributed by atoms with Crippen LogP contribution >= 0.6 is 0 Å². The largest absolute Gasteiger partial charge is 0.396 e. The Morgan fingerprint density at radius 3 is 2.60 bits per heavy atom. The number of nitrogens with zero attached hydrogens (tertiary/aromatic N) is 1. The zero-order valence-electron chi connectivity index (χ0n) is 9.48. The van der Waals surface area contributed by atoms with Crippen LogP contribution in [0.2, 0.25) is 0 Å². The maximum absolute atomic E-state index is 11.8. The molecule has 1 aliphatic heterocycles. The molecule has 0 aromatic heterocycles. The van der Waals surface area contributed by atoms with Gasteiger partial charge in [-0.1, -0.05) is 6.92 Å². The lowest BCUT2D eigenvalue weighted by atomic mass is 9.97. The SMILES string of the molecule is CC(CN)CC(=O)N1CCC(CO)CC1. The summed E-state index contributed by atoms with van der Waals surface area (Å²) in [7, 11) is 0. The molecule has 0 spiro atoms. The van der Waals surface area contributed by atoms with Gasteiger partial charge < -0.3 is 15.7 Å². The minimum Gasteiger partial charge on any atom is -0.396 e. The van der Waals surface area contributed by atoms with E-state index in [4.69, 9.17) is 10.8 Å². The second-order valence-electron chi connectivity index (χ2n) is 4.55. The van der Waals surface area contributed by atoms with Crippen molar-refractivity contribution in [2.75, 3.05) is 26.2 Å². The predicted molar refractivity (Wildman–Crippen MR) is 59.2 cm³/mol. The summed E-state index contributed by atoms with van der Waals surface area (Å²) in [5.41, 5.74) is 5.49. The number of piperidine rings is 1. The van der Waals surface area contributed by atoms with Crippen molar-refractivity contribution in [2.45, 2.75) is 26.2 Å². The van der Waals surface area contributed by atoms with Crippen molar-refractivity contribution in [3.63, 3.8) is 0 Å². The molecule has 1 aliphatic rings. The number of likely N-dealkylation sites (tertiary alicyclic amines) is 1. The van der Waals surface area contributed by atoms with Gasteiger partial charge in [0.15, 0.2) is 0 Å². The zero-order valence-corrected chi connectivity index (χ0v) is 9.48. The number of rotatable bonds is 4. The molecule has 1 atom stereocenters.